The molecule has 1 aromatic rings. The standard InChI is InChI=1S/C19H29N3O2/c1-3-17(20-18(23)16-4-5-22(21-16)12-24-2)19-9-13-6-14(10-19)8-15(7-13)11-19/h4-5,13-15,17H,3,6-12H2,1-2H3,(H,20,23). The molecule has 4 aliphatic rings. The molecule has 1 heterocycles. The van der Waals surface area contributed by atoms with Crippen LogP contribution in [0.2, 0.25) is 0 Å². The molecule has 0 aromatic carbocycles. The lowest BCUT2D eigenvalue weighted by Crippen LogP contribution is -2.56. The van der Waals surface area contributed by atoms with Gasteiger partial charge in [0, 0.05) is 19.3 Å². The molecule has 4 saturated carbocycles. The van der Waals surface area contributed by atoms with E-state index in [9.17, 15) is 4.79 Å². The van der Waals surface area contributed by atoms with E-state index < -0.39 is 0 Å². The van der Waals surface area contributed by atoms with Crippen LogP contribution >= 0.6 is 0 Å². The summed E-state index contributed by atoms with van der Waals surface area (Å²) in [5.74, 6) is 2.68. The SMILES string of the molecule is CCC(NC(=O)c1ccn(COC)n1)C12CC3CC(CC(C3)C1)C2. The third-order valence-corrected chi connectivity index (χ3v) is 6.67. The molecule has 1 aromatic heterocycles. The molecule has 4 bridgehead atoms. The monoisotopic (exact) mass is 331 g/mol. The van der Waals surface area contributed by atoms with Crippen molar-refractivity contribution in [2.24, 2.45) is 23.2 Å². The first-order chi connectivity index (χ1) is 11.6. The molecule has 4 aliphatic carbocycles. The molecule has 132 valence electrons. The molecule has 0 aliphatic heterocycles. The second-order valence-corrected chi connectivity index (χ2v) is 8.37. The zero-order valence-electron chi connectivity index (χ0n) is 14.8. The van der Waals surface area contributed by atoms with Crippen LogP contribution in [0, 0.1) is 23.2 Å². The average Bonchev–Trinajstić information content (AvgIpc) is 3.00. The first-order valence-corrected chi connectivity index (χ1v) is 9.45. The Bertz CT molecular complexity index is 574. The highest BCUT2D eigenvalue weighted by atomic mass is 16.5. The summed E-state index contributed by atoms with van der Waals surface area (Å²) in [6, 6.07) is 2.06. The largest absolute Gasteiger partial charge is 0.362 e. The molecule has 0 saturated heterocycles. The van der Waals surface area contributed by atoms with E-state index in [0.29, 0.717) is 17.8 Å². The zero-order valence-corrected chi connectivity index (χ0v) is 14.8. The van der Waals surface area contributed by atoms with Crippen LogP contribution in [-0.4, -0.2) is 28.8 Å². The van der Waals surface area contributed by atoms with Gasteiger partial charge in [0.25, 0.3) is 5.91 Å². The maximum absolute atomic E-state index is 12.7. The Balaban J connectivity index is 1.48. The lowest BCUT2D eigenvalue weighted by atomic mass is 9.47. The van der Waals surface area contributed by atoms with Crippen LogP contribution in [0.15, 0.2) is 12.3 Å². The van der Waals surface area contributed by atoms with E-state index in [4.69, 9.17) is 4.74 Å². The van der Waals surface area contributed by atoms with Crippen LogP contribution in [0.3, 0.4) is 0 Å². The predicted octanol–water partition coefficient (Wildman–Crippen LogP) is 3.21. The minimum absolute atomic E-state index is 0.0348. The second-order valence-electron chi connectivity index (χ2n) is 8.37. The number of hydrogen-bond acceptors (Lipinski definition) is 3. The van der Waals surface area contributed by atoms with E-state index in [2.05, 4.69) is 17.3 Å². The van der Waals surface area contributed by atoms with Crippen molar-refractivity contribution in [2.45, 2.75) is 64.6 Å². The average molecular weight is 331 g/mol. The number of rotatable bonds is 6. The lowest BCUT2D eigenvalue weighted by Gasteiger charge is -2.59. The third-order valence-electron chi connectivity index (χ3n) is 6.67. The molecule has 1 atom stereocenters. The molecule has 1 unspecified atom stereocenters. The van der Waals surface area contributed by atoms with Crippen molar-refractivity contribution in [3.63, 3.8) is 0 Å². The maximum atomic E-state index is 12.7. The highest BCUT2D eigenvalue weighted by Crippen LogP contribution is 2.61. The summed E-state index contributed by atoms with van der Waals surface area (Å²) in [4.78, 5) is 12.7. The summed E-state index contributed by atoms with van der Waals surface area (Å²) in [6.45, 7) is 2.59. The van der Waals surface area contributed by atoms with E-state index in [1.54, 1.807) is 24.1 Å². The summed E-state index contributed by atoms with van der Waals surface area (Å²) in [7, 11) is 1.63. The Labute approximate surface area is 144 Å². The van der Waals surface area contributed by atoms with Gasteiger partial charge in [-0.3, -0.25) is 4.79 Å². The van der Waals surface area contributed by atoms with Gasteiger partial charge in [-0.1, -0.05) is 6.92 Å². The topological polar surface area (TPSA) is 56.2 Å². The molecule has 1 N–H and O–H groups in total. The molecule has 5 heteroatoms. The molecule has 5 nitrogen and oxygen atoms in total. The van der Waals surface area contributed by atoms with Crippen molar-refractivity contribution in [1.29, 1.82) is 0 Å². The van der Waals surface area contributed by atoms with Crippen molar-refractivity contribution in [1.82, 2.24) is 15.1 Å². The maximum Gasteiger partial charge on any atom is 0.272 e. The van der Waals surface area contributed by atoms with Crippen molar-refractivity contribution in [3.8, 4) is 0 Å². The fourth-order valence-corrected chi connectivity index (χ4v) is 6.21. The Morgan fingerprint density at radius 2 is 1.96 bits per heavy atom. The van der Waals surface area contributed by atoms with Gasteiger partial charge in [-0.05, 0) is 74.2 Å². The van der Waals surface area contributed by atoms with Crippen LogP contribution in [0.25, 0.3) is 0 Å². The molecule has 4 fully saturated rings. The Kier molecular flexibility index (Phi) is 4.15. The van der Waals surface area contributed by atoms with Crippen molar-refractivity contribution in [3.05, 3.63) is 18.0 Å². The molecular weight excluding hydrogens is 302 g/mol. The van der Waals surface area contributed by atoms with E-state index in [1.165, 1.54) is 38.5 Å². The number of nitrogens with zero attached hydrogens (tertiary/aromatic N) is 2. The van der Waals surface area contributed by atoms with Gasteiger partial charge in [-0.15, -0.1) is 0 Å². The number of hydrogen-bond donors (Lipinski definition) is 1. The molecule has 24 heavy (non-hydrogen) atoms. The molecule has 0 spiro atoms. The summed E-state index contributed by atoms with van der Waals surface area (Å²) in [5.41, 5.74) is 0.837. The van der Waals surface area contributed by atoms with Gasteiger partial charge in [0.2, 0.25) is 0 Å². The van der Waals surface area contributed by atoms with Gasteiger partial charge < -0.3 is 10.1 Å². The normalized spacial score (nSPS) is 35.2. The van der Waals surface area contributed by atoms with Crippen LogP contribution in [0.4, 0.5) is 0 Å². The number of nitrogens with one attached hydrogen (secondary N) is 1. The molecule has 1 amide bonds. The third kappa shape index (κ3) is 2.77. The first kappa shape index (κ1) is 16.1. The van der Waals surface area contributed by atoms with Crippen LogP contribution < -0.4 is 5.32 Å². The van der Waals surface area contributed by atoms with Gasteiger partial charge in [0.1, 0.15) is 12.4 Å². The van der Waals surface area contributed by atoms with Crippen LogP contribution in [0.5, 0.6) is 0 Å². The number of aromatic nitrogens is 2. The molecule has 0 radical (unpaired) electrons. The fourth-order valence-electron chi connectivity index (χ4n) is 6.21. The molecule has 5 rings (SSSR count). The highest BCUT2D eigenvalue weighted by molar-refractivity contribution is 5.92. The summed E-state index contributed by atoms with van der Waals surface area (Å²) < 4.78 is 6.71. The Morgan fingerprint density at radius 3 is 2.50 bits per heavy atom. The Hall–Kier alpha value is -1.36. The number of carbonyl (C=O) groups is 1. The summed E-state index contributed by atoms with van der Waals surface area (Å²) in [5, 5.41) is 7.65. The first-order valence-electron chi connectivity index (χ1n) is 9.45. The number of ether oxygens (including phenoxy) is 1. The van der Waals surface area contributed by atoms with Gasteiger partial charge in [-0.25, -0.2) is 4.68 Å². The zero-order chi connectivity index (χ0) is 16.7. The van der Waals surface area contributed by atoms with E-state index in [1.807, 2.05) is 0 Å². The smallest absolute Gasteiger partial charge is 0.272 e. The van der Waals surface area contributed by atoms with Crippen LogP contribution in [-0.2, 0) is 11.5 Å². The quantitative estimate of drug-likeness (QED) is 0.871. The minimum atomic E-state index is -0.0348. The van der Waals surface area contributed by atoms with E-state index >= 15 is 0 Å². The van der Waals surface area contributed by atoms with Crippen LogP contribution in [0.1, 0.15) is 62.4 Å². The van der Waals surface area contributed by atoms with Crippen molar-refractivity contribution < 1.29 is 9.53 Å². The van der Waals surface area contributed by atoms with Gasteiger partial charge in [-0.2, -0.15) is 5.10 Å². The van der Waals surface area contributed by atoms with Gasteiger partial charge in [0.05, 0.1) is 0 Å². The second kappa shape index (κ2) is 6.17. The summed E-state index contributed by atoms with van der Waals surface area (Å²) in [6.07, 6.45) is 11.1. The predicted molar refractivity (Wildman–Crippen MR) is 91.4 cm³/mol. The number of methoxy groups -OCH3 is 1. The fraction of sp³-hybridized carbons (Fsp3) is 0.789. The van der Waals surface area contributed by atoms with Gasteiger partial charge in [0.15, 0.2) is 0 Å². The van der Waals surface area contributed by atoms with Gasteiger partial charge >= 0.3 is 0 Å². The van der Waals surface area contributed by atoms with E-state index in [-0.39, 0.29) is 11.9 Å². The number of amides is 1. The highest BCUT2D eigenvalue weighted by Gasteiger charge is 2.54. The van der Waals surface area contributed by atoms with Crippen molar-refractivity contribution in [2.75, 3.05) is 7.11 Å². The number of carbonyl (C=O) groups excluding carboxylic acids is 1. The summed E-state index contributed by atoms with van der Waals surface area (Å²) >= 11 is 0. The van der Waals surface area contributed by atoms with Crippen molar-refractivity contribution >= 4 is 5.91 Å². The minimum Gasteiger partial charge on any atom is -0.362 e. The lowest BCUT2D eigenvalue weighted by molar-refractivity contribution is -0.0727. The molecular formula is C19H29N3O2. The Morgan fingerprint density at radius 1 is 1.33 bits per heavy atom. The van der Waals surface area contributed by atoms with E-state index in [0.717, 1.165) is 24.2 Å².